The normalized spacial score (nSPS) is 12.5. The Morgan fingerprint density at radius 1 is 1.12 bits per heavy atom. The van der Waals surface area contributed by atoms with Gasteiger partial charge in [-0.05, 0) is 29.7 Å². The number of oxazole rings is 1. The number of benzene rings is 2. The molecule has 1 atom stereocenters. The predicted molar refractivity (Wildman–Crippen MR) is 95.3 cm³/mol. The Morgan fingerprint density at radius 3 is 2.58 bits per heavy atom. The summed E-state index contributed by atoms with van der Waals surface area (Å²) in [7, 11) is 0. The fraction of sp³-hybridized carbons (Fsp3) is 0.300. The fourth-order valence-electron chi connectivity index (χ4n) is 2.58. The van der Waals surface area contributed by atoms with Gasteiger partial charge in [0, 0.05) is 18.0 Å². The molecule has 0 bridgehead atoms. The number of nitrogens with one attached hydrogen (secondary N) is 1. The predicted octanol–water partition coefficient (Wildman–Crippen LogP) is 4.48. The molecule has 0 fully saturated rings. The van der Waals surface area contributed by atoms with Gasteiger partial charge in [-0.2, -0.15) is 0 Å². The van der Waals surface area contributed by atoms with Crippen LogP contribution in [0.5, 0.6) is 0 Å². The fourth-order valence-corrected chi connectivity index (χ4v) is 2.58. The first-order chi connectivity index (χ1) is 11.5. The van der Waals surface area contributed by atoms with E-state index in [4.69, 9.17) is 4.42 Å². The number of hydrogen-bond acceptors (Lipinski definition) is 3. The topological polar surface area (TPSA) is 55.1 Å². The highest BCUT2D eigenvalue weighted by molar-refractivity contribution is 5.97. The van der Waals surface area contributed by atoms with Gasteiger partial charge in [-0.3, -0.25) is 4.79 Å². The second kappa shape index (κ2) is 6.87. The maximum absolute atomic E-state index is 12.4. The third-order valence-electron chi connectivity index (χ3n) is 4.10. The molecular formula is C20H22N2O2. The number of fused-ring (bicyclic) bond motifs is 1. The second-order valence-corrected chi connectivity index (χ2v) is 6.41. The quantitative estimate of drug-likeness (QED) is 0.753. The molecule has 1 unspecified atom stereocenters. The van der Waals surface area contributed by atoms with Crippen molar-refractivity contribution in [3.8, 4) is 0 Å². The van der Waals surface area contributed by atoms with E-state index in [-0.39, 0.29) is 17.7 Å². The smallest absolute Gasteiger partial charge is 0.251 e. The molecule has 0 saturated heterocycles. The van der Waals surface area contributed by atoms with Crippen molar-refractivity contribution >= 4 is 17.0 Å². The average Bonchev–Trinajstić information content (AvgIpc) is 3.03. The lowest BCUT2D eigenvalue weighted by Crippen LogP contribution is -2.27. The molecule has 1 aromatic heterocycles. The standard InChI is InChI=1S/C20H22N2O2/c1-13(2)20-22-17-10-9-16(11-18(17)24-20)19(23)21-12-14(3)15-7-5-4-6-8-15/h4-11,13-14H,12H2,1-3H3,(H,21,23). The van der Waals surface area contributed by atoms with E-state index in [1.807, 2.05) is 38.1 Å². The summed E-state index contributed by atoms with van der Waals surface area (Å²) in [5.74, 6) is 1.08. The van der Waals surface area contributed by atoms with E-state index in [0.717, 1.165) is 5.52 Å². The Hall–Kier alpha value is -2.62. The van der Waals surface area contributed by atoms with Crippen molar-refractivity contribution in [1.29, 1.82) is 0 Å². The van der Waals surface area contributed by atoms with Gasteiger partial charge in [0.05, 0.1) is 0 Å². The van der Waals surface area contributed by atoms with Crippen LogP contribution in [0.4, 0.5) is 0 Å². The summed E-state index contributed by atoms with van der Waals surface area (Å²) in [5.41, 5.74) is 3.25. The van der Waals surface area contributed by atoms with Gasteiger partial charge in [-0.25, -0.2) is 4.98 Å². The van der Waals surface area contributed by atoms with Crippen LogP contribution in [-0.4, -0.2) is 17.4 Å². The van der Waals surface area contributed by atoms with E-state index in [9.17, 15) is 4.79 Å². The summed E-state index contributed by atoms with van der Waals surface area (Å²) in [6.07, 6.45) is 0. The molecule has 2 aromatic carbocycles. The zero-order valence-corrected chi connectivity index (χ0v) is 14.2. The van der Waals surface area contributed by atoms with Gasteiger partial charge >= 0.3 is 0 Å². The van der Waals surface area contributed by atoms with Gasteiger partial charge in [0.1, 0.15) is 5.52 Å². The van der Waals surface area contributed by atoms with Crippen molar-refractivity contribution in [3.05, 3.63) is 65.5 Å². The first-order valence-corrected chi connectivity index (χ1v) is 8.28. The average molecular weight is 322 g/mol. The molecule has 0 saturated carbocycles. The highest BCUT2D eigenvalue weighted by Crippen LogP contribution is 2.22. The van der Waals surface area contributed by atoms with E-state index in [0.29, 0.717) is 23.6 Å². The molecule has 1 N–H and O–H groups in total. The number of nitrogens with zero attached hydrogens (tertiary/aromatic N) is 1. The minimum absolute atomic E-state index is 0.0952. The third-order valence-corrected chi connectivity index (χ3v) is 4.10. The van der Waals surface area contributed by atoms with E-state index in [1.165, 1.54) is 5.56 Å². The molecular weight excluding hydrogens is 300 g/mol. The van der Waals surface area contributed by atoms with Crippen molar-refractivity contribution in [1.82, 2.24) is 10.3 Å². The Morgan fingerprint density at radius 2 is 1.88 bits per heavy atom. The molecule has 0 aliphatic carbocycles. The molecule has 1 amide bonds. The van der Waals surface area contributed by atoms with Crippen LogP contribution < -0.4 is 5.32 Å². The zero-order chi connectivity index (χ0) is 17.1. The highest BCUT2D eigenvalue weighted by atomic mass is 16.3. The number of amides is 1. The third kappa shape index (κ3) is 3.48. The summed E-state index contributed by atoms with van der Waals surface area (Å²) in [5, 5.41) is 2.99. The number of rotatable bonds is 5. The van der Waals surface area contributed by atoms with Crippen LogP contribution in [0.1, 0.15) is 54.4 Å². The van der Waals surface area contributed by atoms with Crippen LogP contribution in [0, 0.1) is 0 Å². The van der Waals surface area contributed by atoms with Crippen LogP contribution in [0.2, 0.25) is 0 Å². The molecule has 0 aliphatic heterocycles. The minimum atomic E-state index is -0.0952. The van der Waals surface area contributed by atoms with Crippen LogP contribution in [0.3, 0.4) is 0 Å². The molecule has 124 valence electrons. The monoisotopic (exact) mass is 322 g/mol. The van der Waals surface area contributed by atoms with E-state index in [2.05, 4.69) is 29.4 Å². The summed E-state index contributed by atoms with van der Waals surface area (Å²) in [6, 6.07) is 15.5. The number of hydrogen-bond donors (Lipinski definition) is 1. The van der Waals surface area contributed by atoms with Gasteiger partial charge in [-0.15, -0.1) is 0 Å². The number of carbonyl (C=O) groups excluding carboxylic acids is 1. The molecule has 24 heavy (non-hydrogen) atoms. The summed E-state index contributed by atoms with van der Waals surface area (Å²) >= 11 is 0. The SMILES string of the molecule is CC(C)c1nc2ccc(C(=O)NCC(C)c3ccccc3)cc2o1. The Balaban J connectivity index is 1.69. The summed E-state index contributed by atoms with van der Waals surface area (Å²) in [4.78, 5) is 16.8. The first-order valence-electron chi connectivity index (χ1n) is 8.28. The second-order valence-electron chi connectivity index (χ2n) is 6.41. The van der Waals surface area contributed by atoms with Gasteiger partial charge in [0.25, 0.3) is 5.91 Å². The van der Waals surface area contributed by atoms with E-state index in [1.54, 1.807) is 12.1 Å². The number of carbonyl (C=O) groups is 1. The lowest BCUT2D eigenvalue weighted by molar-refractivity contribution is 0.0951. The van der Waals surface area contributed by atoms with Crippen molar-refractivity contribution < 1.29 is 9.21 Å². The van der Waals surface area contributed by atoms with Crippen LogP contribution in [-0.2, 0) is 0 Å². The van der Waals surface area contributed by atoms with E-state index >= 15 is 0 Å². The Labute approximate surface area is 141 Å². The van der Waals surface area contributed by atoms with Gasteiger partial charge in [0.15, 0.2) is 11.5 Å². The molecule has 3 rings (SSSR count). The molecule has 1 heterocycles. The Kier molecular flexibility index (Phi) is 4.65. The van der Waals surface area contributed by atoms with Crippen LogP contribution in [0.15, 0.2) is 52.9 Å². The molecule has 0 spiro atoms. The molecule has 4 heteroatoms. The number of aromatic nitrogens is 1. The Bertz CT molecular complexity index is 837. The highest BCUT2D eigenvalue weighted by Gasteiger charge is 2.13. The summed E-state index contributed by atoms with van der Waals surface area (Å²) in [6.45, 7) is 6.76. The van der Waals surface area contributed by atoms with Gasteiger partial charge < -0.3 is 9.73 Å². The minimum Gasteiger partial charge on any atom is -0.440 e. The lowest BCUT2D eigenvalue weighted by atomic mass is 10.0. The molecule has 0 aliphatic rings. The van der Waals surface area contributed by atoms with Crippen molar-refractivity contribution in [2.75, 3.05) is 6.54 Å². The molecule has 0 radical (unpaired) electrons. The van der Waals surface area contributed by atoms with Crippen LogP contribution >= 0.6 is 0 Å². The van der Waals surface area contributed by atoms with E-state index < -0.39 is 0 Å². The zero-order valence-electron chi connectivity index (χ0n) is 14.2. The maximum Gasteiger partial charge on any atom is 0.251 e. The van der Waals surface area contributed by atoms with Crippen LogP contribution in [0.25, 0.3) is 11.1 Å². The molecule has 4 nitrogen and oxygen atoms in total. The first kappa shape index (κ1) is 16.2. The maximum atomic E-state index is 12.4. The summed E-state index contributed by atoms with van der Waals surface area (Å²) < 4.78 is 5.72. The van der Waals surface area contributed by atoms with Gasteiger partial charge in [0.2, 0.25) is 0 Å². The van der Waals surface area contributed by atoms with Crippen molar-refractivity contribution in [2.24, 2.45) is 0 Å². The molecule has 3 aromatic rings. The van der Waals surface area contributed by atoms with Crippen molar-refractivity contribution in [2.45, 2.75) is 32.6 Å². The lowest BCUT2D eigenvalue weighted by Gasteiger charge is -2.13. The van der Waals surface area contributed by atoms with Gasteiger partial charge in [-0.1, -0.05) is 51.1 Å². The largest absolute Gasteiger partial charge is 0.440 e. The van der Waals surface area contributed by atoms with Crippen molar-refractivity contribution in [3.63, 3.8) is 0 Å².